The molecule has 1 aromatic carbocycles. The molecule has 1 fully saturated rings. The number of pyridine rings is 1. The molecule has 1 aliphatic heterocycles. The van der Waals surface area contributed by atoms with Gasteiger partial charge in [0.25, 0.3) is 5.91 Å². The molecule has 0 atom stereocenters. The number of rotatable bonds is 4. The summed E-state index contributed by atoms with van der Waals surface area (Å²) in [4.78, 5) is 19.2. The number of carbonyl (C=O) groups excluding carboxylic acids is 1. The van der Waals surface area contributed by atoms with E-state index in [0.717, 1.165) is 54.8 Å². The van der Waals surface area contributed by atoms with Gasteiger partial charge in [-0.15, -0.1) is 0 Å². The van der Waals surface area contributed by atoms with E-state index in [0.29, 0.717) is 11.5 Å². The third-order valence-corrected chi connectivity index (χ3v) is 5.87. The molecule has 0 radical (unpaired) electrons. The second-order valence-electron chi connectivity index (χ2n) is 7.80. The molecule has 0 bridgehead atoms. The van der Waals surface area contributed by atoms with E-state index in [4.69, 9.17) is 4.98 Å². The average molecular weight is 403 g/mol. The number of aromatic amines is 1. The van der Waals surface area contributed by atoms with E-state index in [-0.39, 0.29) is 11.7 Å². The van der Waals surface area contributed by atoms with E-state index in [2.05, 4.69) is 27.0 Å². The van der Waals surface area contributed by atoms with Gasteiger partial charge in [-0.05, 0) is 61.2 Å². The van der Waals surface area contributed by atoms with Crippen molar-refractivity contribution in [1.29, 1.82) is 0 Å². The molecule has 30 heavy (non-hydrogen) atoms. The van der Waals surface area contributed by atoms with Crippen LogP contribution in [0.25, 0.3) is 22.3 Å². The Balaban J connectivity index is 1.24. The summed E-state index contributed by atoms with van der Waals surface area (Å²) in [5, 5.41) is 6.81. The molecular weight excluding hydrogens is 381 g/mol. The summed E-state index contributed by atoms with van der Waals surface area (Å²) in [7, 11) is 0. The predicted octanol–water partition coefficient (Wildman–Crippen LogP) is 4.12. The molecule has 1 N–H and O–H groups in total. The quantitative estimate of drug-likeness (QED) is 0.557. The van der Waals surface area contributed by atoms with Crippen LogP contribution in [-0.4, -0.2) is 43.6 Å². The summed E-state index contributed by atoms with van der Waals surface area (Å²) in [6.07, 6.45) is 7.60. The Bertz CT molecular complexity index is 1160. The minimum Gasteiger partial charge on any atom is -0.346 e. The van der Waals surface area contributed by atoms with Crippen LogP contribution in [0.1, 0.15) is 23.2 Å². The lowest BCUT2D eigenvalue weighted by molar-refractivity contribution is 0.0683. The summed E-state index contributed by atoms with van der Waals surface area (Å²) < 4.78 is 15.3. The lowest BCUT2D eigenvalue weighted by Crippen LogP contribution is -2.39. The number of nitrogens with one attached hydrogen (secondary N) is 1. The second-order valence-corrected chi connectivity index (χ2v) is 7.80. The molecule has 0 spiro atoms. The summed E-state index contributed by atoms with van der Waals surface area (Å²) >= 11 is 0. The zero-order chi connectivity index (χ0) is 20.5. The standard InChI is InChI=1S/C23H22FN5O/c24-19-3-1-17(2-4-19)23(30)28-10-7-16(8-11-28)15-29-12-9-21-22(29)6-5-20(27-21)18-13-25-26-14-18/h1-6,9,12-14,16H,7-8,10-11,15H2,(H,25,26). The first-order valence-electron chi connectivity index (χ1n) is 10.2. The van der Waals surface area contributed by atoms with Crippen molar-refractivity contribution in [1.82, 2.24) is 24.6 Å². The van der Waals surface area contributed by atoms with E-state index in [1.54, 1.807) is 18.3 Å². The van der Waals surface area contributed by atoms with E-state index >= 15 is 0 Å². The predicted molar refractivity (Wildman–Crippen MR) is 112 cm³/mol. The van der Waals surface area contributed by atoms with E-state index in [1.807, 2.05) is 23.2 Å². The normalized spacial score (nSPS) is 15.0. The summed E-state index contributed by atoms with van der Waals surface area (Å²) in [5.74, 6) is 0.165. The van der Waals surface area contributed by atoms with Crippen LogP contribution >= 0.6 is 0 Å². The van der Waals surface area contributed by atoms with Gasteiger partial charge in [0.05, 0.1) is 22.9 Å². The van der Waals surface area contributed by atoms with E-state index in [9.17, 15) is 9.18 Å². The zero-order valence-corrected chi connectivity index (χ0v) is 16.5. The monoisotopic (exact) mass is 403 g/mol. The number of hydrogen-bond acceptors (Lipinski definition) is 3. The summed E-state index contributed by atoms with van der Waals surface area (Å²) in [6, 6.07) is 12.0. The van der Waals surface area contributed by atoms with Crippen molar-refractivity contribution in [2.24, 2.45) is 5.92 Å². The van der Waals surface area contributed by atoms with Crippen molar-refractivity contribution in [2.75, 3.05) is 13.1 Å². The molecule has 6 nitrogen and oxygen atoms in total. The number of amides is 1. The van der Waals surface area contributed by atoms with Crippen LogP contribution in [0.5, 0.6) is 0 Å². The van der Waals surface area contributed by atoms with Crippen LogP contribution in [0.15, 0.2) is 61.1 Å². The Labute approximate surface area is 173 Å². The number of H-pyrrole nitrogens is 1. The molecule has 4 aromatic rings. The zero-order valence-electron chi connectivity index (χ0n) is 16.5. The van der Waals surface area contributed by atoms with Gasteiger partial charge in [0.2, 0.25) is 0 Å². The van der Waals surface area contributed by atoms with Gasteiger partial charge < -0.3 is 9.47 Å². The number of piperidine rings is 1. The first-order chi connectivity index (χ1) is 14.7. The number of likely N-dealkylation sites (tertiary alicyclic amines) is 1. The molecule has 1 amide bonds. The molecule has 5 rings (SSSR count). The van der Waals surface area contributed by atoms with Crippen LogP contribution < -0.4 is 0 Å². The maximum atomic E-state index is 13.1. The highest BCUT2D eigenvalue weighted by molar-refractivity contribution is 5.94. The van der Waals surface area contributed by atoms with Gasteiger partial charge in [-0.3, -0.25) is 9.89 Å². The minimum absolute atomic E-state index is 0.0177. The Morgan fingerprint density at radius 3 is 2.63 bits per heavy atom. The Morgan fingerprint density at radius 1 is 1.10 bits per heavy atom. The van der Waals surface area contributed by atoms with Gasteiger partial charge in [-0.1, -0.05) is 0 Å². The van der Waals surface area contributed by atoms with Crippen molar-refractivity contribution in [3.05, 3.63) is 72.4 Å². The highest BCUT2D eigenvalue weighted by atomic mass is 19.1. The second kappa shape index (κ2) is 7.74. The highest BCUT2D eigenvalue weighted by Crippen LogP contribution is 2.25. The van der Waals surface area contributed by atoms with E-state index in [1.165, 1.54) is 12.1 Å². The molecule has 0 unspecified atom stereocenters. The maximum Gasteiger partial charge on any atom is 0.253 e. The smallest absolute Gasteiger partial charge is 0.253 e. The van der Waals surface area contributed by atoms with Crippen LogP contribution in [0.2, 0.25) is 0 Å². The molecule has 152 valence electrons. The van der Waals surface area contributed by atoms with Crippen LogP contribution in [0.4, 0.5) is 4.39 Å². The van der Waals surface area contributed by atoms with Gasteiger partial charge in [0, 0.05) is 43.2 Å². The maximum absolute atomic E-state index is 13.1. The van der Waals surface area contributed by atoms with Gasteiger partial charge in [-0.25, -0.2) is 9.37 Å². The van der Waals surface area contributed by atoms with Crippen molar-refractivity contribution in [3.8, 4) is 11.3 Å². The molecular formula is C23H22FN5O. The molecule has 0 saturated carbocycles. The molecule has 0 aliphatic carbocycles. The van der Waals surface area contributed by atoms with E-state index < -0.39 is 0 Å². The third-order valence-electron chi connectivity index (χ3n) is 5.87. The summed E-state index contributed by atoms with van der Waals surface area (Å²) in [6.45, 7) is 2.36. The Hall–Kier alpha value is -3.48. The number of hydrogen-bond donors (Lipinski definition) is 1. The first kappa shape index (κ1) is 18.5. The Kier molecular flexibility index (Phi) is 4.78. The molecule has 1 aliphatic rings. The minimum atomic E-state index is -0.324. The van der Waals surface area contributed by atoms with Crippen molar-refractivity contribution >= 4 is 16.9 Å². The number of fused-ring (bicyclic) bond motifs is 1. The topological polar surface area (TPSA) is 66.8 Å². The first-order valence-corrected chi connectivity index (χ1v) is 10.2. The van der Waals surface area contributed by atoms with Crippen LogP contribution in [0, 0.1) is 11.7 Å². The fourth-order valence-corrected chi connectivity index (χ4v) is 4.16. The third kappa shape index (κ3) is 3.58. The van der Waals surface area contributed by atoms with Crippen molar-refractivity contribution in [3.63, 3.8) is 0 Å². The average Bonchev–Trinajstić information content (AvgIpc) is 3.45. The number of nitrogens with zero attached hydrogens (tertiary/aromatic N) is 4. The van der Waals surface area contributed by atoms with Crippen molar-refractivity contribution in [2.45, 2.75) is 19.4 Å². The van der Waals surface area contributed by atoms with Gasteiger partial charge >= 0.3 is 0 Å². The number of benzene rings is 1. The summed E-state index contributed by atoms with van der Waals surface area (Å²) in [5.41, 5.74) is 4.51. The fourth-order valence-electron chi connectivity index (χ4n) is 4.16. The van der Waals surface area contributed by atoms with Gasteiger partial charge in [0.15, 0.2) is 0 Å². The SMILES string of the molecule is O=C(c1ccc(F)cc1)N1CCC(Cn2ccc3nc(-c4cn[nH]c4)ccc32)CC1. The fraction of sp³-hybridized carbons (Fsp3) is 0.261. The molecule has 3 aromatic heterocycles. The molecule has 1 saturated heterocycles. The lowest BCUT2D eigenvalue weighted by Gasteiger charge is -2.32. The highest BCUT2D eigenvalue weighted by Gasteiger charge is 2.24. The number of aromatic nitrogens is 4. The van der Waals surface area contributed by atoms with Gasteiger partial charge in [-0.2, -0.15) is 5.10 Å². The lowest BCUT2D eigenvalue weighted by atomic mass is 9.96. The molecule has 4 heterocycles. The van der Waals surface area contributed by atoms with Crippen LogP contribution in [0.3, 0.4) is 0 Å². The van der Waals surface area contributed by atoms with Crippen LogP contribution in [-0.2, 0) is 6.54 Å². The van der Waals surface area contributed by atoms with Crippen molar-refractivity contribution < 1.29 is 9.18 Å². The molecule has 7 heteroatoms. The van der Waals surface area contributed by atoms with Gasteiger partial charge in [0.1, 0.15) is 5.82 Å². The number of halogens is 1. The Morgan fingerprint density at radius 2 is 1.90 bits per heavy atom. The largest absolute Gasteiger partial charge is 0.346 e. The number of carbonyl (C=O) groups is 1.